The standard InChI is InChI=1S/C18H27N3O4Si/c1-12-14(20-8-7-13(22)11-20)5-6-15-16(12)17(18(23)24)19-21(15)25-9-10-26(2,3)4/h5-6,13,22H,7-11H2,1-4H3,(H,23,24). The molecule has 8 heteroatoms. The second kappa shape index (κ2) is 6.92. The number of aliphatic hydroxyl groups excluding tert-OH is 1. The summed E-state index contributed by atoms with van der Waals surface area (Å²) in [6, 6.07) is 4.79. The van der Waals surface area contributed by atoms with Crippen LogP contribution in [0.1, 0.15) is 22.5 Å². The van der Waals surface area contributed by atoms with Gasteiger partial charge in [0.15, 0.2) is 5.69 Å². The molecule has 2 N–H and O–H groups in total. The summed E-state index contributed by atoms with van der Waals surface area (Å²) in [5.41, 5.74) is 2.47. The molecule has 1 aromatic carbocycles. The fourth-order valence-corrected chi connectivity index (χ4v) is 4.03. The van der Waals surface area contributed by atoms with Gasteiger partial charge in [-0.3, -0.25) is 0 Å². The van der Waals surface area contributed by atoms with Crippen molar-refractivity contribution in [2.24, 2.45) is 0 Å². The molecule has 2 heterocycles. The zero-order valence-corrected chi connectivity index (χ0v) is 16.8. The van der Waals surface area contributed by atoms with Gasteiger partial charge in [0.1, 0.15) is 12.1 Å². The highest BCUT2D eigenvalue weighted by Gasteiger charge is 2.26. The molecule has 1 aromatic heterocycles. The maximum absolute atomic E-state index is 11.7. The molecule has 0 aliphatic carbocycles. The number of fused-ring (bicyclic) bond motifs is 1. The first-order valence-electron chi connectivity index (χ1n) is 8.99. The summed E-state index contributed by atoms with van der Waals surface area (Å²) < 4.78 is 0. The lowest BCUT2D eigenvalue weighted by Crippen LogP contribution is -2.26. The minimum atomic E-state index is -1.25. The smallest absolute Gasteiger partial charge is 0.357 e. The minimum absolute atomic E-state index is 0.00657. The molecule has 0 radical (unpaired) electrons. The van der Waals surface area contributed by atoms with E-state index in [-0.39, 0.29) is 11.8 Å². The van der Waals surface area contributed by atoms with E-state index >= 15 is 0 Å². The van der Waals surface area contributed by atoms with Crippen LogP contribution in [0.5, 0.6) is 0 Å². The van der Waals surface area contributed by atoms with E-state index in [0.29, 0.717) is 24.1 Å². The Kier molecular flexibility index (Phi) is 4.98. The number of benzene rings is 1. The number of aromatic nitrogens is 2. The Balaban J connectivity index is 1.98. The zero-order valence-electron chi connectivity index (χ0n) is 15.8. The number of β-amino-alcohol motifs (C(OH)–C–C–N with tert-alkyl or cyclic N) is 1. The van der Waals surface area contributed by atoms with Gasteiger partial charge in [0.2, 0.25) is 0 Å². The molecule has 142 valence electrons. The molecule has 1 fully saturated rings. The molecule has 1 atom stereocenters. The van der Waals surface area contributed by atoms with E-state index in [1.54, 1.807) is 0 Å². The SMILES string of the molecule is Cc1c(N2CCC(O)C2)ccc2c1c(C(=O)O)nn2OCC[Si](C)(C)C. The molecule has 3 rings (SSSR count). The molecule has 1 saturated heterocycles. The summed E-state index contributed by atoms with van der Waals surface area (Å²) in [5, 5.41) is 24.2. The summed E-state index contributed by atoms with van der Waals surface area (Å²) in [6.45, 7) is 10.5. The van der Waals surface area contributed by atoms with Crippen LogP contribution in [0.2, 0.25) is 25.7 Å². The van der Waals surface area contributed by atoms with Crippen LogP contribution in [0.25, 0.3) is 10.9 Å². The molecule has 0 amide bonds. The van der Waals surface area contributed by atoms with E-state index in [9.17, 15) is 15.0 Å². The molecule has 1 aliphatic rings. The predicted octanol–water partition coefficient (Wildman–Crippen LogP) is 2.38. The molecule has 2 aromatic rings. The number of aromatic carboxylic acids is 1. The molecule has 1 aliphatic heterocycles. The fraction of sp³-hybridized carbons (Fsp3) is 0.556. The highest BCUT2D eigenvalue weighted by Crippen LogP contribution is 2.32. The molecule has 0 saturated carbocycles. The van der Waals surface area contributed by atoms with Crippen molar-refractivity contribution in [2.75, 3.05) is 24.6 Å². The second-order valence-electron chi connectivity index (χ2n) is 8.16. The van der Waals surface area contributed by atoms with Crippen LogP contribution >= 0.6 is 0 Å². The Labute approximate surface area is 154 Å². The fourth-order valence-electron chi connectivity index (χ4n) is 3.33. The molecule has 26 heavy (non-hydrogen) atoms. The van der Waals surface area contributed by atoms with Crippen molar-refractivity contribution in [3.8, 4) is 0 Å². The van der Waals surface area contributed by atoms with E-state index < -0.39 is 14.0 Å². The largest absolute Gasteiger partial charge is 0.476 e. The number of anilines is 1. The van der Waals surface area contributed by atoms with E-state index in [0.717, 1.165) is 30.3 Å². The van der Waals surface area contributed by atoms with Crippen molar-refractivity contribution in [1.82, 2.24) is 9.94 Å². The summed E-state index contributed by atoms with van der Waals surface area (Å²) >= 11 is 0. The summed E-state index contributed by atoms with van der Waals surface area (Å²) in [6.07, 6.45) is 0.388. The van der Waals surface area contributed by atoms with Crippen molar-refractivity contribution >= 4 is 30.6 Å². The number of carboxylic acids is 1. The average molecular weight is 378 g/mol. The second-order valence-corrected chi connectivity index (χ2v) is 13.8. The number of carboxylic acid groups (broad SMARTS) is 1. The van der Waals surface area contributed by atoms with Crippen molar-refractivity contribution < 1.29 is 19.8 Å². The number of aliphatic hydroxyl groups is 1. The number of rotatable bonds is 6. The van der Waals surface area contributed by atoms with Crippen molar-refractivity contribution in [3.63, 3.8) is 0 Å². The van der Waals surface area contributed by atoms with Gasteiger partial charge in [0.05, 0.1) is 6.10 Å². The number of aryl methyl sites for hydroxylation is 1. The third kappa shape index (κ3) is 3.71. The van der Waals surface area contributed by atoms with Crippen molar-refractivity contribution in [1.29, 1.82) is 0 Å². The van der Waals surface area contributed by atoms with Crippen molar-refractivity contribution in [2.45, 2.75) is 45.1 Å². The maximum Gasteiger partial charge on any atom is 0.357 e. The quantitative estimate of drug-likeness (QED) is 0.752. The number of nitrogens with zero attached hydrogens (tertiary/aromatic N) is 3. The van der Waals surface area contributed by atoms with Crippen LogP contribution in [0.15, 0.2) is 12.1 Å². The van der Waals surface area contributed by atoms with E-state index in [2.05, 4.69) is 29.6 Å². The summed E-state index contributed by atoms with van der Waals surface area (Å²) in [7, 11) is -1.25. The molecule has 7 nitrogen and oxygen atoms in total. The number of carbonyl (C=O) groups is 1. The van der Waals surface area contributed by atoms with Crippen LogP contribution in [0, 0.1) is 6.92 Å². The van der Waals surface area contributed by atoms with Gasteiger partial charge in [-0.15, -0.1) is 5.10 Å². The Hall–Kier alpha value is -2.06. The van der Waals surface area contributed by atoms with Crippen LogP contribution in [0.3, 0.4) is 0 Å². The lowest BCUT2D eigenvalue weighted by Gasteiger charge is -2.21. The van der Waals surface area contributed by atoms with Gasteiger partial charge in [0, 0.05) is 32.2 Å². The first-order valence-corrected chi connectivity index (χ1v) is 12.7. The van der Waals surface area contributed by atoms with Crippen LogP contribution in [-0.4, -0.2) is 60.0 Å². The van der Waals surface area contributed by atoms with Gasteiger partial charge < -0.3 is 20.0 Å². The normalized spacial score (nSPS) is 17.9. The monoisotopic (exact) mass is 377 g/mol. The van der Waals surface area contributed by atoms with Gasteiger partial charge in [0.25, 0.3) is 0 Å². The van der Waals surface area contributed by atoms with Gasteiger partial charge in [-0.05, 0) is 37.1 Å². The van der Waals surface area contributed by atoms with Gasteiger partial charge in [-0.1, -0.05) is 24.5 Å². The Bertz CT molecular complexity index is 828. The first-order chi connectivity index (χ1) is 12.2. The van der Waals surface area contributed by atoms with Gasteiger partial charge in [-0.25, -0.2) is 4.79 Å². The number of hydrogen-bond acceptors (Lipinski definition) is 5. The van der Waals surface area contributed by atoms with Crippen LogP contribution in [0.4, 0.5) is 5.69 Å². The van der Waals surface area contributed by atoms with E-state index in [4.69, 9.17) is 4.84 Å². The minimum Gasteiger partial charge on any atom is -0.476 e. The third-order valence-electron chi connectivity index (χ3n) is 4.82. The van der Waals surface area contributed by atoms with Crippen LogP contribution < -0.4 is 9.74 Å². The maximum atomic E-state index is 11.7. The molecular formula is C18H27N3O4Si. The van der Waals surface area contributed by atoms with Gasteiger partial charge >= 0.3 is 5.97 Å². The topological polar surface area (TPSA) is 87.8 Å². The summed E-state index contributed by atoms with van der Waals surface area (Å²) in [5.74, 6) is -1.07. The average Bonchev–Trinajstić information content (AvgIpc) is 3.11. The molecule has 0 bridgehead atoms. The molecule has 0 spiro atoms. The third-order valence-corrected chi connectivity index (χ3v) is 6.52. The first kappa shape index (κ1) is 18.7. The zero-order chi connectivity index (χ0) is 19.1. The van der Waals surface area contributed by atoms with E-state index in [1.165, 1.54) is 4.85 Å². The highest BCUT2D eigenvalue weighted by molar-refractivity contribution is 6.76. The van der Waals surface area contributed by atoms with E-state index in [1.807, 2.05) is 19.1 Å². The molecular weight excluding hydrogens is 350 g/mol. The lowest BCUT2D eigenvalue weighted by atomic mass is 10.1. The summed E-state index contributed by atoms with van der Waals surface area (Å²) in [4.78, 5) is 21.0. The Morgan fingerprint density at radius 3 is 2.69 bits per heavy atom. The molecule has 1 unspecified atom stereocenters. The Morgan fingerprint density at radius 2 is 2.12 bits per heavy atom. The number of hydrogen-bond donors (Lipinski definition) is 2. The van der Waals surface area contributed by atoms with Crippen LogP contribution in [-0.2, 0) is 0 Å². The van der Waals surface area contributed by atoms with Crippen molar-refractivity contribution in [3.05, 3.63) is 23.4 Å². The Morgan fingerprint density at radius 1 is 1.38 bits per heavy atom. The van der Waals surface area contributed by atoms with Gasteiger partial charge in [-0.2, -0.15) is 0 Å². The highest BCUT2D eigenvalue weighted by atomic mass is 28.3. The predicted molar refractivity (Wildman–Crippen MR) is 104 cm³/mol. The lowest BCUT2D eigenvalue weighted by molar-refractivity contribution is 0.0668.